The summed E-state index contributed by atoms with van der Waals surface area (Å²) in [6, 6.07) is 0. The topological polar surface area (TPSA) is 284 Å². The molecule has 0 saturated heterocycles. The predicted octanol–water partition coefficient (Wildman–Crippen LogP) is -8.06. The number of imidazole rings is 2. The van der Waals surface area contributed by atoms with Gasteiger partial charge in [-0.2, -0.15) is 0 Å². The maximum absolute atomic E-state index is 9.96. The normalized spacial score (nSPS) is 13.5. The van der Waals surface area contributed by atoms with Gasteiger partial charge in [0.15, 0.2) is 0 Å². The molecule has 2 aromatic heterocycles. The number of aromatic amines is 4. The van der Waals surface area contributed by atoms with Gasteiger partial charge in [-0.25, -0.2) is 0 Å². The van der Waals surface area contributed by atoms with Crippen molar-refractivity contribution in [2.24, 2.45) is 0 Å². The second kappa shape index (κ2) is 15.6. The molecule has 2 aromatic rings. The van der Waals surface area contributed by atoms with Gasteiger partial charge in [0.05, 0.1) is 11.9 Å². The SMILES string of the molecule is O.O.O=C([O-])[C@@H](O)[C@H](O)[C@H](O)[C@@H](O)C(=O)[O-].c1c[nH+]c[nH]1.c1c[nH+]c[nH]1. The van der Waals surface area contributed by atoms with E-state index in [2.05, 4.69) is 19.9 Å². The number of hydrogen-bond donors (Lipinski definition) is 6. The fraction of sp³-hybridized carbons (Fsp3) is 0.333. The van der Waals surface area contributed by atoms with Crippen molar-refractivity contribution in [2.45, 2.75) is 24.4 Å². The van der Waals surface area contributed by atoms with E-state index in [4.69, 9.17) is 20.4 Å². The average Bonchev–Trinajstić information content (AvgIpc) is 3.29. The molecule has 4 atom stereocenters. The highest BCUT2D eigenvalue weighted by molar-refractivity contribution is 5.72. The predicted molar refractivity (Wildman–Crippen MR) is 76.0 cm³/mol. The molecule has 0 saturated carbocycles. The zero-order valence-electron chi connectivity index (χ0n) is 13.2. The number of carboxylic acids is 2. The highest BCUT2D eigenvalue weighted by Gasteiger charge is 2.31. The summed E-state index contributed by atoms with van der Waals surface area (Å²) in [5, 5.41) is 54.7. The minimum Gasteiger partial charge on any atom is -0.547 e. The van der Waals surface area contributed by atoms with Crippen LogP contribution < -0.4 is 20.2 Å². The van der Waals surface area contributed by atoms with Crippen LogP contribution in [-0.2, 0) is 9.59 Å². The van der Waals surface area contributed by atoms with Crippen molar-refractivity contribution in [1.82, 2.24) is 9.97 Å². The van der Waals surface area contributed by atoms with Crippen LogP contribution in [0.4, 0.5) is 0 Å². The van der Waals surface area contributed by atoms with Gasteiger partial charge in [0.1, 0.15) is 49.2 Å². The van der Waals surface area contributed by atoms with Crippen LogP contribution in [0.25, 0.3) is 0 Å². The first-order chi connectivity index (χ1) is 11.3. The van der Waals surface area contributed by atoms with Crippen LogP contribution in [0.1, 0.15) is 0 Å². The lowest BCUT2D eigenvalue weighted by Crippen LogP contribution is -2.55. The number of carbonyl (C=O) groups excluding carboxylic acids is 2. The molecular weight excluding hydrogens is 360 g/mol. The molecule has 0 radical (unpaired) electrons. The first-order valence-electron chi connectivity index (χ1n) is 6.40. The van der Waals surface area contributed by atoms with E-state index in [-0.39, 0.29) is 11.0 Å². The number of aromatic nitrogens is 4. The van der Waals surface area contributed by atoms with Crippen LogP contribution >= 0.6 is 0 Å². The third-order valence-corrected chi connectivity index (χ3v) is 2.36. The Morgan fingerprint density at radius 1 is 0.769 bits per heavy atom. The first kappa shape index (κ1) is 27.9. The molecule has 26 heavy (non-hydrogen) atoms. The summed E-state index contributed by atoms with van der Waals surface area (Å²) in [5.74, 6) is -4.22. The maximum atomic E-state index is 9.96. The van der Waals surface area contributed by atoms with E-state index in [1.165, 1.54) is 0 Å². The first-order valence-corrected chi connectivity index (χ1v) is 6.40. The largest absolute Gasteiger partial charge is 0.547 e. The maximum Gasteiger partial charge on any atom is 0.239 e. The van der Waals surface area contributed by atoms with Crippen molar-refractivity contribution >= 4 is 11.9 Å². The molecule has 0 amide bonds. The molecule has 150 valence electrons. The fourth-order valence-electron chi connectivity index (χ4n) is 1.13. The van der Waals surface area contributed by atoms with Crippen LogP contribution in [0.2, 0.25) is 0 Å². The van der Waals surface area contributed by atoms with E-state index in [0.29, 0.717) is 0 Å². The quantitative estimate of drug-likeness (QED) is 0.288. The van der Waals surface area contributed by atoms with Gasteiger partial charge >= 0.3 is 0 Å². The third-order valence-electron chi connectivity index (χ3n) is 2.36. The number of hydrogen-bond acceptors (Lipinski definition) is 8. The Morgan fingerprint density at radius 3 is 1.19 bits per heavy atom. The summed E-state index contributed by atoms with van der Waals surface area (Å²) in [6.45, 7) is 0. The number of H-pyrrole nitrogens is 4. The summed E-state index contributed by atoms with van der Waals surface area (Å²) in [5.41, 5.74) is 0. The van der Waals surface area contributed by atoms with Gasteiger partial charge in [0.2, 0.25) is 12.7 Å². The lowest BCUT2D eigenvalue weighted by atomic mass is 10.0. The minimum atomic E-state index is -2.50. The molecule has 0 aliphatic heterocycles. The summed E-state index contributed by atoms with van der Waals surface area (Å²) in [7, 11) is 0. The molecule has 2 rings (SSSR count). The highest BCUT2D eigenvalue weighted by Crippen LogP contribution is 2.04. The summed E-state index contributed by atoms with van der Waals surface area (Å²) in [6.07, 6.45) is 1.01. The number of rotatable bonds is 5. The minimum absolute atomic E-state index is 0. The van der Waals surface area contributed by atoms with E-state index < -0.39 is 36.4 Å². The van der Waals surface area contributed by atoms with Crippen LogP contribution in [-0.4, -0.2) is 77.7 Å². The molecule has 0 unspecified atom stereocenters. The molecule has 0 fully saturated rings. The van der Waals surface area contributed by atoms with Gasteiger partial charge in [-0.15, -0.1) is 0 Å². The van der Waals surface area contributed by atoms with Crippen LogP contribution in [0.15, 0.2) is 37.4 Å². The van der Waals surface area contributed by atoms with E-state index in [1.54, 1.807) is 12.7 Å². The molecule has 0 spiro atoms. The van der Waals surface area contributed by atoms with Crippen molar-refractivity contribution in [1.29, 1.82) is 0 Å². The molecule has 0 bridgehead atoms. The number of carboxylic acid groups (broad SMARTS) is 2. The van der Waals surface area contributed by atoms with Gasteiger partial charge in [-0.1, -0.05) is 0 Å². The zero-order chi connectivity index (χ0) is 18.5. The second-order valence-electron chi connectivity index (χ2n) is 4.13. The molecule has 0 aliphatic rings. The number of aliphatic hydroxyl groups is 4. The summed E-state index contributed by atoms with van der Waals surface area (Å²) in [4.78, 5) is 31.1. The number of aliphatic hydroxyl groups excluding tert-OH is 4. The van der Waals surface area contributed by atoms with Crippen LogP contribution in [0, 0.1) is 0 Å². The molecule has 14 nitrogen and oxygen atoms in total. The number of nitrogens with one attached hydrogen (secondary N) is 4. The van der Waals surface area contributed by atoms with Gasteiger partial charge in [0, 0.05) is 0 Å². The van der Waals surface area contributed by atoms with Crippen molar-refractivity contribution in [3.63, 3.8) is 0 Å². The third kappa shape index (κ3) is 11.6. The summed E-state index contributed by atoms with van der Waals surface area (Å²) >= 11 is 0. The Morgan fingerprint density at radius 2 is 1.08 bits per heavy atom. The fourth-order valence-corrected chi connectivity index (χ4v) is 1.13. The zero-order valence-corrected chi connectivity index (χ0v) is 13.2. The molecule has 0 aromatic carbocycles. The van der Waals surface area contributed by atoms with Crippen LogP contribution in [0.3, 0.4) is 0 Å². The van der Waals surface area contributed by atoms with E-state index >= 15 is 0 Å². The Hall–Kier alpha value is -2.88. The van der Waals surface area contributed by atoms with Gasteiger partial charge in [-0.05, 0) is 0 Å². The molecular formula is C12H22N4O10. The average molecular weight is 382 g/mol. The van der Waals surface area contributed by atoms with Gasteiger partial charge in [0.25, 0.3) is 0 Å². The lowest BCUT2D eigenvalue weighted by molar-refractivity contribution is -0.376. The van der Waals surface area contributed by atoms with Crippen molar-refractivity contribution in [3.05, 3.63) is 37.4 Å². The number of carbonyl (C=O) groups is 2. The molecule has 0 aliphatic carbocycles. The Balaban J connectivity index is -0.000000359. The van der Waals surface area contributed by atoms with Crippen molar-refractivity contribution < 1.29 is 61.1 Å². The molecule has 2 heterocycles. The molecule has 12 N–H and O–H groups in total. The van der Waals surface area contributed by atoms with E-state index in [9.17, 15) is 19.8 Å². The lowest BCUT2D eigenvalue weighted by Gasteiger charge is -2.27. The number of aliphatic carboxylic acids is 2. The smallest absolute Gasteiger partial charge is 0.239 e. The Bertz CT molecular complexity index is 466. The monoisotopic (exact) mass is 382 g/mol. The van der Waals surface area contributed by atoms with E-state index in [0.717, 1.165) is 0 Å². The van der Waals surface area contributed by atoms with E-state index in [1.807, 2.05) is 24.8 Å². The van der Waals surface area contributed by atoms with Gasteiger partial charge in [-0.3, -0.25) is 19.9 Å². The van der Waals surface area contributed by atoms with Crippen molar-refractivity contribution in [3.8, 4) is 0 Å². The summed E-state index contributed by atoms with van der Waals surface area (Å²) < 4.78 is 0. The van der Waals surface area contributed by atoms with Crippen molar-refractivity contribution in [2.75, 3.05) is 0 Å². The van der Waals surface area contributed by atoms with Crippen LogP contribution in [0.5, 0.6) is 0 Å². The Labute approximate surface area is 146 Å². The molecule has 14 heteroatoms. The standard InChI is InChI=1S/C6H10O8.2C3H4N2.2H2O/c7-1(3(9)5(11)12)2(8)4(10)6(13)14;2*1-2-5-3-4-1;;/h1-4,7-10H,(H,11,12)(H,13,14);2*1-3H,(H,4,5);2*1H2/t1-,2+,3+,4-;;;;. The van der Waals surface area contributed by atoms with Gasteiger partial charge < -0.3 is 51.2 Å². The second-order valence-corrected chi connectivity index (χ2v) is 4.13. The Kier molecular flexibility index (Phi) is 16.8. The highest BCUT2D eigenvalue weighted by atomic mass is 16.4.